The molecule has 0 aliphatic heterocycles. The first-order valence-electron chi connectivity index (χ1n) is 7.24. The van der Waals surface area contributed by atoms with Crippen molar-refractivity contribution in [2.45, 2.75) is 39.7 Å². The smallest absolute Gasteiger partial charge is 0.306 e. The Bertz CT molecular complexity index is 535. The van der Waals surface area contributed by atoms with Crippen LogP contribution in [0.5, 0.6) is 0 Å². The van der Waals surface area contributed by atoms with Gasteiger partial charge in [-0.25, -0.2) is 0 Å². The summed E-state index contributed by atoms with van der Waals surface area (Å²) >= 11 is 17.8. The molecule has 1 rings (SSSR count). The molecule has 0 fully saturated rings. The molecule has 7 heteroatoms. The van der Waals surface area contributed by atoms with Crippen LogP contribution in [0.2, 0.25) is 15.1 Å². The standard InChI is InChI=1S/C16H19Cl3O4/c1-10(2)8-22-15(20)4-3-5-16(21)23-9-12-13(18)6-11(17)7-14(12)19/h6-7,10H,3-5,8-9H2,1-2H3. The second kappa shape index (κ2) is 10.0. The van der Waals surface area contributed by atoms with Gasteiger partial charge in [0.1, 0.15) is 6.61 Å². The summed E-state index contributed by atoms with van der Waals surface area (Å²) in [6.45, 7) is 4.26. The fourth-order valence-corrected chi connectivity index (χ4v) is 2.57. The van der Waals surface area contributed by atoms with E-state index in [2.05, 4.69) is 0 Å². The lowest BCUT2D eigenvalue weighted by atomic mass is 10.2. The lowest BCUT2D eigenvalue weighted by Crippen LogP contribution is -2.11. The molecule has 0 aliphatic rings. The quantitative estimate of drug-likeness (QED) is 0.591. The van der Waals surface area contributed by atoms with Crippen molar-refractivity contribution in [3.8, 4) is 0 Å². The summed E-state index contributed by atoms with van der Waals surface area (Å²) in [5.41, 5.74) is 0.502. The van der Waals surface area contributed by atoms with Crippen LogP contribution in [0.4, 0.5) is 0 Å². The molecule has 0 N–H and O–H groups in total. The van der Waals surface area contributed by atoms with E-state index in [4.69, 9.17) is 44.3 Å². The van der Waals surface area contributed by atoms with Crippen LogP contribution in [0.25, 0.3) is 0 Å². The highest BCUT2D eigenvalue weighted by Crippen LogP contribution is 2.29. The molecule has 0 aromatic heterocycles. The van der Waals surface area contributed by atoms with Gasteiger partial charge in [-0.3, -0.25) is 9.59 Å². The second-order valence-corrected chi connectivity index (χ2v) is 6.69. The number of rotatable bonds is 8. The van der Waals surface area contributed by atoms with E-state index in [9.17, 15) is 9.59 Å². The number of ether oxygens (including phenoxy) is 2. The minimum Gasteiger partial charge on any atom is -0.465 e. The Balaban J connectivity index is 2.31. The van der Waals surface area contributed by atoms with Crippen molar-refractivity contribution in [3.05, 3.63) is 32.8 Å². The maximum absolute atomic E-state index is 11.7. The molecule has 23 heavy (non-hydrogen) atoms. The van der Waals surface area contributed by atoms with Gasteiger partial charge in [-0.2, -0.15) is 0 Å². The zero-order valence-electron chi connectivity index (χ0n) is 13.0. The predicted octanol–water partition coefficient (Wildman–Crippen LogP) is 5.06. The third-order valence-electron chi connectivity index (χ3n) is 2.82. The number of hydrogen-bond donors (Lipinski definition) is 0. The highest BCUT2D eigenvalue weighted by molar-refractivity contribution is 6.39. The Hall–Kier alpha value is -0.970. The van der Waals surface area contributed by atoms with Gasteiger partial charge < -0.3 is 9.47 Å². The fraction of sp³-hybridized carbons (Fsp3) is 0.500. The summed E-state index contributed by atoms with van der Waals surface area (Å²) in [6.07, 6.45) is 0.682. The first kappa shape index (κ1) is 20.1. The Morgan fingerprint density at radius 2 is 1.52 bits per heavy atom. The lowest BCUT2D eigenvalue weighted by molar-refractivity contribution is -0.146. The van der Waals surface area contributed by atoms with Gasteiger partial charge in [-0.05, 0) is 24.5 Å². The molecule has 0 heterocycles. The molecule has 4 nitrogen and oxygen atoms in total. The number of benzene rings is 1. The van der Waals surface area contributed by atoms with Gasteiger partial charge in [0.2, 0.25) is 0 Å². The van der Waals surface area contributed by atoms with Crippen LogP contribution in [0.15, 0.2) is 12.1 Å². The Morgan fingerprint density at radius 3 is 2.04 bits per heavy atom. The number of carbonyl (C=O) groups is 2. The zero-order valence-corrected chi connectivity index (χ0v) is 15.3. The van der Waals surface area contributed by atoms with Gasteiger partial charge in [0.05, 0.1) is 16.7 Å². The first-order chi connectivity index (χ1) is 10.8. The van der Waals surface area contributed by atoms with Crippen LogP contribution in [-0.2, 0) is 25.7 Å². The van der Waals surface area contributed by atoms with Crippen molar-refractivity contribution in [1.82, 2.24) is 0 Å². The van der Waals surface area contributed by atoms with Gasteiger partial charge in [0.15, 0.2) is 0 Å². The number of halogens is 3. The van der Waals surface area contributed by atoms with Crippen LogP contribution < -0.4 is 0 Å². The fourth-order valence-electron chi connectivity index (χ4n) is 1.64. The first-order valence-corrected chi connectivity index (χ1v) is 8.37. The van der Waals surface area contributed by atoms with Crippen LogP contribution in [0, 0.1) is 5.92 Å². The van der Waals surface area contributed by atoms with E-state index in [0.717, 1.165) is 0 Å². The average Bonchev–Trinajstić information content (AvgIpc) is 2.44. The van der Waals surface area contributed by atoms with E-state index >= 15 is 0 Å². The van der Waals surface area contributed by atoms with Crippen molar-refractivity contribution >= 4 is 46.7 Å². The van der Waals surface area contributed by atoms with Crippen LogP contribution in [0.1, 0.15) is 38.7 Å². The SMILES string of the molecule is CC(C)COC(=O)CCCC(=O)OCc1c(Cl)cc(Cl)cc1Cl. The number of esters is 2. The molecule has 128 valence electrons. The third kappa shape index (κ3) is 7.91. The Labute approximate surface area is 151 Å². The van der Waals surface area contributed by atoms with E-state index in [1.54, 1.807) is 0 Å². The van der Waals surface area contributed by atoms with E-state index in [1.807, 2.05) is 13.8 Å². The van der Waals surface area contributed by atoms with Gasteiger partial charge in [0, 0.05) is 23.4 Å². The summed E-state index contributed by atoms with van der Waals surface area (Å²) in [5.74, 6) is -0.447. The Kier molecular flexibility index (Phi) is 8.74. The maximum atomic E-state index is 11.7. The average molecular weight is 382 g/mol. The molecule has 0 amide bonds. The minimum atomic E-state index is -0.427. The molecule has 0 radical (unpaired) electrons. The molecular weight excluding hydrogens is 363 g/mol. The van der Waals surface area contributed by atoms with Crippen molar-refractivity contribution < 1.29 is 19.1 Å². The molecule has 0 saturated heterocycles. The van der Waals surface area contributed by atoms with Gasteiger partial charge >= 0.3 is 11.9 Å². The monoisotopic (exact) mass is 380 g/mol. The molecule has 1 aromatic rings. The van der Waals surface area contributed by atoms with Crippen molar-refractivity contribution in [2.24, 2.45) is 5.92 Å². The van der Waals surface area contributed by atoms with Crippen molar-refractivity contribution in [1.29, 1.82) is 0 Å². The van der Waals surface area contributed by atoms with Crippen LogP contribution in [-0.4, -0.2) is 18.5 Å². The van der Waals surface area contributed by atoms with Crippen molar-refractivity contribution in [3.63, 3.8) is 0 Å². The molecule has 1 aromatic carbocycles. The maximum Gasteiger partial charge on any atom is 0.306 e. The van der Waals surface area contributed by atoms with E-state index in [-0.39, 0.29) is 31.3 Å². The minimum absolute atomic E-state index is 0.0362. The molecule has 0 saturated carbocycles. The number of carbonyl (C=O) groups excluding carboxylic acids is 2. The summed E-state index contributed by atoms with van der Waals surface area (Å²) in [4.78, 5) is 23.1. The summed E-state index contributed by atoms with van der Waals surface area (Å²) in [5, 5.41) is 1.09. The second-order valence-electron chi connectivity index (χ2n) is 5.44. The van der Waals surface area contributed by atoms with Crippen LogP contribution >= 0.6 is 34.8 Å². The third-order valence-corrected chi connectivity index (χ3v) is 3.72. The highest BCUT2D eigenvalue weighted by Gasteiger charge is 2.12. The molecule has 0 bridgehead atoms. The van der Waals surface area contributed by atoms with Gasteiger partial charge in [0.25, 0.3) is 0 Å². The van der Waals surface area contributed by atoms with Gasteiger partial charge in [-0.1, -0.05) is 48.7 Å². The summed E-state index contributed by atoms with van der Waals surface area (Å²) < 4.78 is 10.1. The van der Waals surface area contributed by atoms with E-state index in [0.29, 0.717) is 33.7 Å². The van der Waals surface area contributed by atoms with Crippen molar-refractivity contribution in [2.75, 3.05) is 6.61 Å². The molecule has 0 unspecified atom stereocenters. The molecule has 0 atom stereocenters. The van der Waals surface area contributed by atoms with Crippen LogP contribution in [0.3, 0.4) is 0 Å². The lowest BCUT2D eigenvalue weighted by Gasteiger charge is -2.09. The normalized spacial score (nSPS) is 10.7. The number of hydrogen-bond acceptors (Lipinski definition) is 4. The molecular formula is C16H19Cl3O4. The topological polar surface area (TPSA) is 52.6 Å². The largest absolute Gasteiger partial charge is 0.465 e. The van der Waals surface area contributed by atoms with E-state index in [1.165, 1.54) is 12.1 Å². The van der Waals surface area contributed by atoms with E-state index < -0.39 is 5.97 Å². The van der Waals surface area contributed by atoms with Gasteiger partial charge in [-0.15, -0.1) is 0 Å². The highest BCUT2D eigenvalue weighted by atomic mass is 35.5. The molecule has 0 aliphatic carbocycles. The molecule has 0 spiro atoms. The predicted molar refractivity (Wildman–Crippen MR) is 90.9 cm³/mol. The summed E-state index contributed by atoms with van der Waals surface area (Å²) in [7, 11) is 0. The Morgan fingerprint density at radius 1 is 1.00 bits per heavy atom. The zero-order chi connectivity index (χ0) is 17.4. The summed E-state index contributed by atoms with van der Waals surface area (Å²) in [6, 6.07) is 3.06.